The van der Waals surface area contributed by atoms with Crippen molar-refractivity contribution in [3.8, 4) is 0 Å². The fourth-order valence-electron chi connectivity index (χ4n) is 3.08. The predicted octanol–water partition coefficient (Wildman–Crippen LogP) is 4.72. The molecule has 162 valence electrons. The Balaban J connectivity index is 1.80. The summed E-state index contributed by atoms with van der Waals surface area (Å²) in [4.78, 5) is 41.2. The zero-order chi connectivity index (χ0) is 22.4. The summed E-state index contributed by atoms with van der Waals surface area (Å²) in [6.07, 6.45) is 2.45. The number of amides is 1. The van der Waals surface area contributed by atoms with Crippen LogP contribution in [0, 0.1) is 0 Å². The topological polar surface area (TPSA) is 95.1 Å². The number of primary amides is 1. The number of benzene rings is 2. The molecule has 31 heavy (non-hydrogen) atoms. The lowest BCUT2D eigenvalue weighted by atomic mass is 10.1. The first-order chi connectivity index (χ1) is 14.9. The third-order valence-corrected chi connectivity index (χ3v) is 6.42. The van der Waals surface area contributed by atoms with Gasteiger partial charge in [-0.05, 0) is 43.2 Å². The van der Waals surface area contributed by atoms with Gasteiger partial charge in [-0.25, -0.2) is 4.98 Å². The van der Waals surface area contributed by atoms with Crippen LogP contribution in [-0.2, 0) is 11.3 Å². The van der Waals surface area contributed by atoms with Gasteiger partial charge in [0, 0.05) is 18.5 Å². The second kappa shape index (κ2) is 10.8. The molecule has 1 heterocycles. The second-order valence-corrected chi connectivity index (χ2v) is 8.74. The van der Waals surface area contributed by atoms with Gasteiger partial charge in [0.05, 0.1) is 26.7 Å². The monoisotopic (exact) mass is 477 g/mol. The number of aromatic nitrogens is 2. The highest BCUT2D eigenvalue weighted by Gasteiger charge is 2.15. The zero-order valence-corrected chi connectivity index (χ0v) is 19.0. The molecule has 9 heteroatoms. The molecule has 0 bridgehead atoms. The first-order valence-corrected chi connectivity index (χ1v) is 11.5. The van der Waals surface area contributed by atoms with Crippen LogP contribution < -0.4 is 11.3 Å². The van der Waals surface area contributed by atoms with Crippen LogP contribution >= 0.6 is 35.0 Å². The van der Waals surface area contributed by atoms with Gasteiger partial charge in [-0.1, -0.05) is 53.5 Å². The van der Waals surface area contributed by atoms with Gasteiger partial charge in [0.1, 0.15) is 0 Å². The summed E-state index contributed by atoms with van der Waals surface area (Å²) < 4.78 is 1.60. The van der Waals surface area contributed by atoms with E-state index in [1.165, 1.54) is 17.8 Å². The minimum absolute atomic E-state index is 0.102. The highest BCUT2D eigenvalue weighted by Crippen LogP contribution is 2.25. The van der Waals surface area contributed by atoms with Crippen molar-refractivity contribution < 1.29 is 9.59 Å². The molecule has 3 aromatic rings. The number of hydrogen-bond acceptors (Lipinski definition) is 5. The molecule has 6 nitrogen and oxygen atoms in total. The fourth-order valence-corrected chi connectivity index (χ4v) is 4.30. The molecular weight excluding hydrogens is 457 g/mol. The van der Waals surface area contributed by atoms with Crippen molar-refractivity contribution >= 4 is 57.6 Å². The Bertz CT molecular complexity index is 1180. The van der Waals surface area contributed by atoms with Gasteiger partial charge in [0.2, 0.25) is 5.91 Å². The third-order valence-electron chi connectivity index (χ3n) is 4.71. The Kier molecular flexibility index (Phi) is 8.12. The lowest BCUT2D eigenvalue weighted by Gasteiger charge is -2.13. The highest BCUT2D eigenvalue weighted by molar-refractivity contribution is 7.99. The molecule has 0 fully saturated rings. The minimum atomic E-state index is -0.332. The maximum absolute atomic E-state index is 13.0. The van der Waals surface area contributed by atoms with E-state index in [2.05, 4.69) is 4.98 Å². The maximum Gasteiger partial charge on any atom is 0.262 e. The van der Waals surface area contributed by atoms with E-state index in [1.54, 1.807) is 34.9 Å². The Morgan fingerprint density at radius 2 is 1.81 bits per heavy atom. The van der Waals surface area contributed by atoms with Gasteiger partial charge in [0.15, 0.2) is 10.9 Å². The van der Waals surface area contributed by atoms with Crippen molar-refractivity contribution in [1.29, 1.82) is 0 Å². The predicted molar refractivity (Wildman–Crippen MR) is 125 cm³/mol. The molecule has 2 aromatic carbocycles. The van der Waals surface area contributed by atoms with Gasteiger partial charge < -0.3 is 5.73 Å². The Morgan fingerprint density at radius 3 is 2.55 bits per heavy atom. The van der Waals surface area contributed by atoms with Crippen molar-refractivity contribution in [2.75, 3.05) is 5.75 Å². The van der Waals surface area contributed by atoms with Crippen molar-refractivity contribution in [1.82, 2.24) is 9.55 Å². The number of fused-ring (bicyclic) bond motifs is 1. The number of ketones is 1. The second-order valence-electron chi connectivity index (χ2n) is 6.99. The summed E-state index contributed by atoms with van der Waals surface area (Å²) in [5.74, 6) is -0.370. The lowest BCUT2D eigenvalue weighted by Crippen LogP contribution is -2.24. The number of rotatable bonds is 10. The summed E-state index contributed by atoms with van der Waals surface area (Å²) in [5, 5.41) is 1.70. The summed E-state index contributed by atoms with van der Waals surface area (Å²) in [6, 6.07) is 11.9. The SMILES string of the molecule is NC(=O)CCCCCn1c(SCC(=O)c2ccc(Cl)c(Cl)c2)nc2ccccc2c1=O. The van der Waals surface area contributed by atoms with Gasteiger partial charge in [-0.3, -0.25) is 19.0 Å². The van der Waals surface area contributed by atoms with Crippen molar-refractivity contribution in [2.24, 2.45) is 5.73 Å². The van der Waals surface area contributed by atoms with E-state index >= 15 is 0 Å². The van der Waals surface area contributed by atoms with Crippen LogP contribution in [0.15, 0.2) is 52.4 Å². The van der Waals surface area contributed by atoms with Crippen LogP contribution in [0.2, 0.25) is 10.0 Å². The van der Waals surface area contributed by atoms with E-state index in [0.717, 1.165) is 6.42 Å². The lowest BCUT2D eigenvalue weighted by molar-refractivity contribution is -0.118. The Morgan fingerprint density at radius 1 is 1.03 bits per heavy atom. The van der Waals surface area contributed by atoms with E-state index in [0.29, 0.717) is 57.5 Å². The normalized spacial score (nSPS) is 11.0. The largest absolute Gasteiger partial charge is 0.370 e. The summed E-state index contributed by atoms with van der Waals surface area (Å²) in [6.45, 7) is 0.443. The molecule has 0 spiro atoms. The number of para-hydroxylation sites is 1. The Labute approximate surface area is 193 Å². The van der Waals surface area contributed by atoms with Crippen LogP contribution in [0.4, 0.5) is 0 Å². The van der Waals surface area contributed by atoms with E-state index in [9.17, 15) is 14.4 Å². The molecule has 2 N–H and O–H groups in total. The molecule has 0 aliphatic carbocycles. The van der Waals surface area contributed by atoms with Gasteiger partial charge in [-0.15, -0.1) is 0 Å². The molecule has 0 saturated heterocycles. The average Bonchev–Trinajstić information content (AvgIpc) is 2.75. The molecule has 0 aliphatic rings. The number of nitrogens with two attached hydrogens (primary N) is 1. The molecule has 0 saturated carbocycles. The molecule has 0 atom stereocenters. The summed E-state index contributed by atoms with van der Waals surface area (Å²) >= 11 is 13.1. The third kappa shape index (κ3) is 6.09. The number of carbonyl (C=O) groups is 2. The highest BCUT2D eigenvalue weighted by atomic mass is 35.5. The van der Waals surface area contributed by atoms with Crippen LogP contribution in [0.1, 0.15) is 36.0 Å². The first kappa shape index (κ1) is 23.3. The zero-order valence-electron chi connectivity index (χ0n) is 16.6. The van der Waals surface area contributed by atoms with Crippen LogP contribution in [-0.4, -0.2) is 27.0 Å². The number of Topliss-reactive ketones (excluding diaryl/α,β-unsaturated/α-hetero) is 1. The molecule has 0 unspecified atom stereocenters. The number of hydrogen-bond donors (Lipinski definition) is 1. The van der Waals surface area contributed by atoms with E-state index in [-0.39, 0.29) is 23.0 Å². The summed E-state index contributed by atoms with van der Waals surface area (Å²) in [7, 11) is 0. The van der Waals surface area contributed by atoms with Crippen LogP contribution in [0.25, 0.3) is 10.9 Å². The van der Waals surface area contributed by atoms with Gasteiger partial charge >= 0.3 is 0 Å². The molecule has 1 aromatic heterocycles. The fraction of sp³-hybridized carbons (Fsp3) is 0.273. The standard InChI is InChI=1S/C22H21Cl2N3O3S/c23-16-10-9-14(12-17(16)24)19(28)13-31-22-26-18-7-4-3-6-15(18)21(30)27(22)11-5-1-2-8-20(25)29/h3-4,6-7,9-10,12H,1-2,5,8,11,13H2,(H2,25,29). The Hall–Kier alpha value is -2.35. The van der Waals surface area contributed by atoms with Gasteiger partial charge in [0.25, 0.3) is 5.56 Å². The molecule has 3 rings (SSSR count). The quantitative estimate of drug-likeness (QED) is 0.197. The van der Waals surface area contributed by atoms with Crippen LogP contribution in [0.5, 0.6) is 0 Å². The van der Waals surface area contributed by atoms with Crippen molar-refractivity contribution in [3.05, 3.63) is 68.4 Å². The number of carbonyl (C=O) groups excluding carboxylic acids is 2. The van der Waals surface area contributed by atoms with E-state index < -0.39 is 0 Å². The van der Waals surface area contributed by atoms with Gasteiger partial charge in [-0.2, -0.15) is 0 Å². The minimum Gasteiger partial charge on any atom is -0.370 e. The van der Waals surface area contributed by atoms with Crippen LogP contribution in [0.3, 0.4) is 0 Å². The van der Waals surface area contributed by atoms with Crippen molar-refractivity contribution in [2.45, 2.75) is 37.4 Å². The number of nitrogens with zero attached hydrogens (tertiary/aromatic N) is 2. The molecular formula is C22H21Cl2N3O3S. The van der Waals surface area contributed by atoms with E-state index in [4.69, 9.17) is 28.9 Å². The van der Waals surface area contributed by atoms with Crippen molar-refractivity contribution in [3.63, 3.8) is 0 Å². The van der Waals surface area contributed by atoms with E-state index in [1.807, 2.05) is 6.07 Å². The molecule has 0 aliphatic heterocycles. The smallest absolute Gasteiger partial charge is 0.262 e. The summed E-state index contributed by atoms with van der Waals surface area (Å²) in [5.41, 5.74) is 6.06. The average molecular weight is 478 g/mol. The maximum atomic E-state index is 13.0. The molecule has 0 radical (unpaired) electrons. The number of halogens is 2. The first-order valence-electron chi connectivity index (χ1n) is 9.75. The molecule has 1 amide bonds. The number of thioether (sulfide) groups is 1. The number of unbranched alkanes of at least 4 members (excludes halogenated alkanes) is 2.